The van der Waals surface area contributed by atoms with E-state index < -0.39 is 5.97 Å². The van der Waals surface area contributed by atoms with Crippen molar-refractivity contribution in [2.75, 3.05) is 33.4 Å². The number of rotatable bonds is 4. The molecule has 1 heterocycles. The Morgan fingerprint density at radius 3 is 3.08 bits per heavy atom. The third-order valence-corrected chi connectivity index (χ3v) is 2.47. The van der Waals surface area contributed by atoms with Gasteiger partial charge in [0.05, 0.1) is 12.5 Å². The zero-order chi connectivity index (χ0) is 9.68. The zero-order valence-electron chi connectivity index (χ0n) is 8.03. The summed E-state index contributed by atoms with van der Waals surface area (Å²) >= 11 is 0. The molecular formula is C9H17NO3. The maximum atomic E-state index is 10.7. The van der Waals surface area contributed by atoms with Gasteiger partial charge < -0.3 is 14.7 Å². The minimum absolute atomic E-state index is 0.175. The van der Waals surface area contributed by atoms with Crippen LogP contribution in [0.25, 0.3) is 0 Å². The Morgan fingerprint density at radius 2 is 2.46 bits per heavy atom. The van der Waals surface area contributed by atoms with E-state index in [9.17, 15) is 4.79 Å². The molecule has 1 rings (SSSR count). The van der Waals surface area contributed by atoms with Crippen molar-refractivity contribution in [3.05, 3.63) is 0 Å². The predicted molar refractivity (Wildman–Crippen MR) is 48.7 cm³/mol. The van der Waals surface area contributed by atoms with Crippen molar-refractivity contribution in [1.29, 1.82) is 0 Å². The highest BCUT2D eigenvalue weighted by Crippen LogP contribution is 2.15. The Balaban J connectivity index is 2.29. The molecule has 0 aromatic rings. The average molecular weight is 187 g/mol. The number of ether oxygens (including phenoxy) is 1. The normalized spacial score (nSPS) is 24.5. The lowest BCUT2D eigenvalue weighted by molar-refractivity contribution is -0.143. The van der Waals surface area contributed by atoms with Gasteiger partial charge in [0.2, 0.25) is 0 Å². The van der Waals surface area contributed by atoms with E-state index in [4.69, 9.17) is 9.84 Å². The lowest BCUT2D eigenvalue weighted by Crippen LogP contribution is -2.40. The van der Waals surface area contributed by atoms with Crippen LogP contribution in [0.1, 0.15) is 12.8 Å². The number of aliphatic carboxylic acids is 1. The number of likely N-dealkylation sites (tertiary alicyclic amines) is 1. The fourth-order valence-electron chi connectivity index (χ4n) is 1.68. The van der Waals surface area contributed by atoms with E-state index in [1.165, 1.54) is 0 Å². The van der Waals surface area contributed by atoms with Gasteiger partial charge in [-0.25, -0.2) is 0 Å². The first kappa shape index (κ1) is 10.5. The van der Waals surface area contributed by atoms with E-state index in [-0.39, 0.29) is 5.92 Å². The van der Waals surface area contributed by atoms with Crippen LogP contribution in [0.2, 0.25) is 0 Å². The van der Waals surface area contributed by atoms with E-state index in [0.29, 0.717) is 13.2 Å². The van der Waals surface area contributed by atoms with Gasteiger partial charge in [0.1, 0.15) is 0 Å². The van der Waals surface area contributed by atoms with Gasteiger partial charge in [-0.1, -0.05) is 0 Å². The van der Waals surface area contributed by atoms with Crippen LogP contribution in [-0.4, -0.2) is 49.3 Å². The Kier molecular flexibility index (Phi) is 4.18. The maximum absolute atomic E-state index is 10.7. The first-order valence-electron chi connectivity index (χ1n) is 4.68. The molecule has 0 unspecified atom stereocenters. The number of carboxylic acid groups (broad SMARTS) is 1. The van der Waals surface area contributed by atoms with Gasteiger partial charge in [-0.3, -0.25) is 4.79 Å². The fourth-order valence-corrected chi connectivity index (χ4v) is 1.68. The number of hydrogen-bond acceptors (Lipinski definition) is 3. The lowest BCUT2D eigenvalue weighted by Gasteiger charge is -2.30. The monoisotopic (exact) mass is 187 g/mol. The maximum Gasteiger partial charge on any atom is 0.307 e. The molecule has 0 aromatic heterocycles. The second-order valence-electron chi connectivity index (χ2n) is 3.47. The summed E-state index contributed by atoms with van der Waals surface area (Å²) in [6.45, 7) is 3.22. The number of carboxylic acids is 1. The Bertz CT molecular complexity index is 172. The van der Waals surface area contributed by atoms with E-state index >= 15 is 0 Å². The summed E-state index contributed by atoms with van der Waals surface area (Å²) in [5.74, 6) is -0.840. The molecule has 4 heteroatoms. The highest BCUT2D eigenvalue weighted by molar-refractivity contribution is 5.70. The van der Waals surface area contributed by atoms with Crippen LogP contribution in [0.5, 0.6) is 0 Å². The van der Waals surface area contributed by atoms with Crippen molar-refractivity contribution in [3.8, 4) is 0 Å². The average Bonchev–Trinajstić information content (AvgIpc) is 2.15. The zero-order valence-corrected chi connectivity index (χ0v) is 8.03. The van der Waals surface area contributed by atoms with Crippen LogP contribution in [0.3, 0.4) is 0 Å². The van der Waals surface area contributed by atoms with Crippen LogP contribution < -0.4 is 0 Å². The van der Waals surface area contributed by atoms with Gasteiger partial charge in [0.15, 0.2) is 0 Å². The van der Waals surface area contributed by atoms with Gasteiger partial charge in [0, 0.05) is 20.2 Å². The van der Waals surface area contributed by atoms with Crippen LogP contribution in [-0.2, 0) is 9.53 Å². The molecule has 1 aliphatic rings. The van der Waals surface area contributed by atoms with Crippen LogP contribution in [0, 0.1) is 5.92 Å². The first-order valence-corrected chi connectivity index (χ1v) is 4.68. The second kappa shape index (κ2) is 5.19. The van der Waals surface area contributed by atoms with Crippen LogP contribution >= 0.6 is 0 Å². The van der Waals surface area contributed by atoms with E-state index in [1.807, 2.05) is 0 Å². The first-order chi connectivity index (χ1) is 6.24. The van der Waals surface area contributed by atoms with Crippen molar-refractivity contribution in [2.24, 2.45) is 5.92 Å². The molecule has 13 heavy (non-hydrogen) atoms. The summed E-state index contributed by atoms with van der Waals surface area (Å²) in [4.78, 5) is 12.9. The molecule has 0 radical (unpaired) electrons. The van der Waals surface area contributed by atoms with Gasteiger partial charge in [-0.15, -0.1) is 0 Å². The van der Waals surface area contributed by atoms with Crippen LogP contribution in [0.15, 0.2) is 0 Å². The minimum Gasteiger partial charge on any atom is -0.481 e. The predicted octanol–water partition coefficient (Wildman–Crippen LogP) is 0.429. The number of carbonyl (C=O) groups is 1. The molecule has 1 aliphatic heterocycles. The quantitative estimate of drug-likeness (QED) is 0.693. The molecule has 0 aliphatic carbocycles. The standard InChI is InChI=1S/C9H17NO3/c1-13-6-5-10-4-2-3-8(7-10)9(11)12/h8H,2-7H2,1H3,(H,11,12)/t8-/m1/s1. The van der Waals surface area contributed by atoms with Crippen LogP contribution in [0.4, 0.5) is 0 Å². The van der Waals surface area contributed by atoms with E-state index in [2.05, 4.69) is 4.90 Å². The number of methoxy groups -OCH3 is 1. The number of nitrogens with zero attached hydrogens (tertiary/aromatic N) is 1. The molecule has 4 nitrogen and oxygen atoms in total. The van der Waals surface area contributed by atoms with Crippen molar-refractivity contribution >= 4 is 5.97 Å². The third kappa shape index (κ3) is 3.32. The Labute approximate surface area is 78.5 Å². The Morgan fingerprint density at radius 1 is 1.69 bits per heavy atom. The van der Waals surface area contributed by atoms with Crippen molar-refractivity contribution in [2.45, 2.75) is 12.8 Å². The molecule has 1 atom stereocenters. The molecule has 76 valence electrons. The molecule has 1 fully saturated rings. The largest absolute Gasteiger partial charge is 0.481 e. The molecule has 0 amide bonds. The molecule has 0 bridgehead atoms. The van der Waals surface area contributed by atoms with E-state index in [1.54, 1.807) is 7.11 Å². The number of piperidine rings is 1. The molecule has 0 spiro atoms. The summed E-state index contributed by atoms with van der Waals surface area (Å²) in [7, 11) is 1.67. The third-order valence-electron chi connectivity index (χ3n) is 2.47. The summed E-state index contributed by atoms with van der Waals surface area (Å²) in [6, 6.07) is 0. The molecule has 1 saturated heterocycles. The molecular weight excluding hydrogens is 170 g/mol. The highest BCUT2D eigenvalue weighted by atomic mass is 16.5. The summed E-state index contributed by atoms with van der Waals surface area (Å²) in [5, 5.41) is 8.82. The van der Waals surface area contributed by atoms with Gasteiger partial charge in [-0.05, 0) is 19.4 Å². The molecule has 0 saturated carbocycles. The van der Waals surface area contributed by atoms with Gasteiger partial charge in [-0.2, -0.15) is 0 Å². The smallest absolute Gasteiger partial charge is 0.307 e. The number of hydrogen-bond donors (Lipinski definition) is 1. The molecule has 1 N–H and O–H groups in total. The molecule has 0 aromatic carbocycles. The second-order valence-corrected chi connectivity index (χ2v) is 3.47. The van der Waals surface area contributed by atoms with Crippen molar-refractivity contribution in [3.63, 3.8) is 0 Å². The highest BCUT2D eigenvalue weighted by Gasteiger charge is 2.24. The van der Waals surface area contributed by atoms with E-state index in [0.717, 1.165) is 25.9 Å². The summed E-state index contributed by atoms with van der Waals surface area (Å²) < 4.78 is 4.95. The van der Waals surface area contributed by atoms with Gasteiger partial charge in [0.25, 0.3) is 0 Å². The lowest BCUT2D eigenvalue weighted by atomic mass is 9.98. The SMILES string of the molecule is COCCN1CCC[C@@H](C(=O)O)C1. The summed E-state index contributed by atoms with van der Waals surface area (Å²) in [5.41, 5.74) is 0. The minimum atomic E-state index is -0.665. The fraction of sp³-hybridized carbons (Fsp3) is 0.889. The Hall–Kier alpha value is -0.610. The summed E-state index contributed by atoms with van der Waals surface area (Å²) in [6.07, 6.45) is 1.81. The topological polar surface area (TPSA) is 49.8 Å². The van der Waals surface area contributed by atoms with Crippen molar-refractivity contribution in [1.82, 2.24) is 4.90 Å². The van der Waals surface area contributed by atoms with Crippen molar-refractivity contribution < 1.29 is 14.6 Å². The van der Waals surface area contributed by atoms with Gasteiger partial charge >= 0.3 is 5.97 Å².